The summed E-state index contributed by atoms with van der Waals surface area (Å²) in [6, 6.07) is 2.09. The molecule has 0 bridgehead atoms. The lowest BCUT2D eigenvalue weighted by Gasteiger charge is -2.23. The van der Waals surface area contributed by atoms with Gasteiger partial charge < -0.3 is 14.4 Å². The second kappa shape index (κ2) is 8.45. The Hall–Kier alpha value is -0.650. The minimum atomic E-state index is 0.698. The van der Waals surface area contributed by atoms with E-state index < -0.39 is 0 Å². The lowest BCUT2D eigenvalue weighted by molar-refractivity contribution is 0.191. The molecule has 0 radical (unpaired) electrons. The van der Waals surface area contributed by atoms with Crippen molar-refractivity contribution in [2.75, 3.05) is 45.4 Å². The maximum Gasteiger partial charge on any atom is 0.128 e. The van der Waals surface area contributed by atoms with Crippen molar-refractivity contribution < 1.29 is 9.47 Å². The Balaban J connectivity index is 2.70. The van der Waals surface area contributed by atoms with E-state index in [2.05, 4.69) is 38.8 Å². The van der Waals surface area contributed by atoms with Crippen LogP contribution in [-0.4, -0.2) is 45.5 Å². The molecule has 0 N–H and O–H groups in total. The average molecular weight is 317 g/mol. The molecule has 18 heavy (non-hydrogen) atoms. The van der Waals surface area contributed by atoms with Crippen LogP contribution >= 0.6 is 15.9 Å². The van der Waals surface area contributed by atoms with E-state index in [0.29, 0.717) is 6.61 Å². The van der Waals surface area contributed by atoms with Crippen molar-refractivity contribution in [3.8, 4) is 0 Å². The molecule has 0 unspecified atom stereocenters. The summed E-state index contributed by atoms with van der Waals surface area (Å²) >= 11 is 3.47. The zero-order chi connectivity index (χ0) is 13.4. The van der Waals surface area contributed by atoms with E-state index in [1.165, 1.54) is 5.56 Å². The first kappa shape index (κ1) is 15.4. The minimum Gasteiger partial charge on any atom is -0.385 e. The highest BCUT2D eigenvalue weighted by molar-refractivity contribution is 9.10. The summed E-state index contributed by atoms with van der Waals surface area (Å²) in [5, 5.41) is 0. The Morgan fingerprint density at radius 3 is 2.56 bits per heavy atom. The number of ether oxygens (including phenoxy) is 2. The van der Waals surface area contributed by atoms with Crippen LogP contribution in [0.5, 0.6) is 0 Å². The second-order valence-corrected chi connectivity index (χ2v) is 4.97. The fourth-order valence-corrected chi connectivity index (χ4v) is 1.86. The maximum atomic E-state index is 5.14. The number of nitrogens with zero attached hydrogens (tertiary/aromatic N) is 2. The largest absolute Gasteiger partial charge is 0.385 e. The first-order chi connectivity index (χ1) is 8.69. The first-order valence-corrected chi connectivity index (χ1v) is 6.83. The van der Waals surface area contributed by atoms with Gasteiger partial charge in [-0.2, -0.15) is 0 Å². The number of halogens is 1. The molecular formula is C13H21BrN2O2. The summed E-state index contributed by atoms with van der Waals surface area (Å²) < 4.78 is 11.3. The molecular weight excluding hydrogens is 296 g/mol. The molecule has 102 valence electrons. The number of anilines is 1. The highest BCUT2D eigenvalue weighted by Crippen LogP contribution is 2.20. The van der Waals surface area contributed by atoms with Crippen LogP contribution in [0.1, 0.15) is 12.0 Å². The van der Waals surface area contributed by atoms with Crippen molar-refractivity contribution in [2.45, 2.75) is 13.3 Å². The summed E-state index contributed by atoms with van der Waals surface area (Å²) in [5.41, 5.74) is 1.19. The van der Waals surface area contributed by atoms with Crippen LogP contribution in [0, 0.1) is 6.92 Å². The van der Waals surface area contributed by atoms with Gasteiger partial charge in [-0.3, -0.25) is 0 Å². The average Bonchev–Trinajstić information content (AvgIpc) is 2.37. The molecule has 0 atom stereocenters. The number of hydrogen-bond acceptors (Lipinski definition) is 4. The maximum absolute atomic E-state index is 5.14. The van der Waals surface area contributed by atoms with E-state index in [-0.39, 0.29) is 0 Å². The molecule has 1 heterocycles. The van der Waals surface area contributed by atoms with Crippen LogP contribution in [0.2, 0.25) is 0 Å². The number of aryl methyl sites for hydroxylation is 1. The van der Waals surface area contributed by atoms with E-state index in [4.69, 9.17) is 9.47 Å². The highest BCUT2D eigenvalue weighted by atomic mass is 79.9. The number of hydrogen-bond donors (Lipinski definition) is 0. The van der Waals surface area contributed by atoms with Gasteiger partial charge in [0.05, 0.1) is 6.61 Å². The predicted molar refractivity (Wildman–Crippen MR) is 77.3 cm³/mol. The van der Waals surface area contributed by atoms with Gasteiger partial charge >= 0.3 is 0 Å². The van der Waals surface area contributed by atoms with Crippen molar-refractivity contribution in [1.29, 1.82) is 0 Å². The van der Waals surface area contributed by atoms with Crippen LogP contribution in [0.4, 0.5) is 5.82 Å². The zero-order valence-corrected chi connectivity index (χ0v) is 12.9. The zero-order valence-electron chi connectivity index (χ0n) is 11.3. The number of rotatable bonds is 8. The summed E-state index contributed by atoms with van der Waals surface area (Å²) in [5.74, 6) is 0.990. The monoisotopic (exact) mass is 316 g/mol. The quantitative estimate of drug-likeness (QED) is 0.691. The molecule has 0 saturated heterocycles. The number of aromatic nitrogens is 1. The molecule has 0 spiro atoms. The number of pyridine rings is 1. The van der Waals surface area contributed by atoms with Gasteiger partial charge in [0.15, 0.2) is 0 Å². The van der Waals surface area contributed by atoms with E-state index >= 15 is 0 Å². The topological polar surface area (TPSA) is 34.6 Å². The molecule has 0 aliphatic rings. The molecule has 0 aromatic carbocycles. The third-order valence-electron chi connectivity index (χ3n) is 2.70. The standard InChI is InChI=1S/C13H21BrN2O2/c1-11-9-13(15-10-12(11)14)16(6-8-18-3)5-4-7-17-2/h9-10H,4-8H2,1-3H3. The van der Waals surface area contributed by atoms with Crippen molar-refractivity contribution in [2.24, 2.45) is 0 Å². The predicted octanol–water partition coefficient (Wildman–Crippen LogP) is 2.64. The Labute approximate surface area is 117 Å². The van der Waals surface area contributed by atoms with Gasteiger partial charge in [0.1, 0.15) is 5.82 Å². The van der Waals surface area contributed by atoms with Gasteiger partial charge in [0.25, 0.3) is 0 Å². The summed E-state index contributed by atoms with van der Waals surface area (Å²) in [6.45, 7) is 5.29. The van der Waals surface area contributed by atoms with E-state index in [0.717, 1.165) is 36.4 Å². The van der Waals surface area contributed by atoms with E-state index in [9.17, 15) is 0 Å². The van der Waals surface area contributed by atoms with Crippen LogP contribution in [0.25, 0.3) is 0 Å². The van der Waals surface area contributed by atoms with Gasteiger partial charge in [0.2, 0.25) is 0 Å². The van der Waals surface area contributed by atoms with Gasteiger partial charge in [-0.25, -0.2) is 4.98 Å². The fourth-order valence-electron chi connectivity index (χ4n) is 1.64. The Morgan fingerprint density at radius 1 is 1.22 bits per heavy atom. The van der Waals surface area contributed by atoms with Crippen molar-refractivity contribution in [1.82, 2.24) is 4.98 Å². The number of methoxy groups -OCH3 is 2. The molecule has 4 nitrogen and oxygen atoms in total. The van der Waals surface area contributed by atoms with E-state index in [1.807, 2.05) is 6.20 Å². The minimum absolute atomic E-state index is 0.698. The highest BCUT2D eigenvalue weighted by Gasteiger charge is 2.08. The molecule has 5 heteroatoms. The third kappa shape index (κ3) is 4.92. The first-order valence-electron chi connectivity index (χ1n) is 6.04. The summed E-state index contributed by atoms with van der Waals surface area (Å²) in [4.78, 5) is 6.68. The molecule has 0 fully saturated rings. The molecule has 0 aliphatic carbocycles. The fraction of sp³-hybridized carbons (Fsp3) is 0.615. The van der Waals surface area contributed by atoms with Crippen LogP contribution in [0.3, 0.4) is 0 Å². The molecule has 1 aromatic rings. The van der Waals surface area contributed by atoms with Gasteiger partial charge in [0, 0.05) is 44.6 Å². The molecule has 0 aliphatic heterocycles. The normalized spacial score (nSPS) is 10.7. The van der Waals surface area contributed by atoms with Gasteiger partial charge in [-0.1, -0.05) is 0 Å². The Bertz CT molecular complexity index is 361. The molecule has 0 amide bonds. The van der Waals surface area contributed by atoms with Crippen LogP contribution < -0.4 is 4.90 Å². The molecule has 0 saturated carbocycles. The SMILES string of the molecule is COCCCN(CCOC)c1cc(C)c(Br)cn1. The lowest BCUT2D eigenvalue weighted by Crippen LogP contribution is -2.29. The van der Waals surface area contributed by atoms with Crippen LogP contribution in [0.15, 0.2) is 16.7 Å². The van der Waals surface area contributed by atoms with Crippen molar-refractivity contribution in [3.05, 3.63) is 22.3 Å². The lowest BCUT2D eigenvalue weighted by atomic mass is 10.2. The smallest absolute Gasteiger partial charge is 0.128 e. The van der Waals surface area contributed by atoms with Gasteiger partial charge in [-0.05, 0) is 40.9 Å². The van der Waals surface area contributed by atoms with Crippen molar-refractivity contribution in [3.63, 3.8) is 0 Å². The summed E-state index contributed by atoms with van der Waals surface area (Å²) in [7, 11) is 3.44. The van der Waals surface area contributed by atoms with Crippen molar-refractivity contribution >= 4 is 21.7 Å². The van der Waals surface area contributed by atoms with E-state index in [1.54, 1.807) is 14.2 Å². The summed E-state index contributed by atoms with van der Waals surface area (Å²) in [6.07, 6.45) is 2.83. The van der Waals surface area contributed by atoms with Crippen LogP contribution in [-0.2, 0) is 9.47 Å². The molecule has 1 aromatic heterocycles. The Kier molecular flexibility index (Phi) is 7.23. The Morgan fingerprint density at radius 2 is 1.94 bits per heavy atom. The second-order valence-electron chi connectivity index (χ2n) is 4.12. The third-order valence-corrected chi connectivity index (χ3v) is 3.53. The van der Waals surface area contributed by atoms with Gasteiger partial charge in [-0.15, -0.1) is 0 Å². The molecule has 1 rings (SSSR count).